The van der Waals surface area contributed by atoms with E-state index in [0.717, 1.165) is 23.1 Å². The third kappa shape index (κ3) is 4.91. The van der Waals surface area contributed by atoms with Crippen LogP contribution in [0.15, 0.2) is 71.0 Å². The van der Waals surface area contributed by atoms with Gasteiger partial charge in [-0.3, -0.25) is 10.1 Å². The van der Waals surface area contributed by atoms with Gasteiger partial charge in [0.2, 0.25) is 0 Å². The van der Waals surface area contributed by atoms with E-state index >= 15 is 0 Å². The number of nitro benzene ring substituents is 1. The van der Waals surface area contributed by atoms with Crippen LogP contribution in [0.2, 0.25) is 0 Å². The largest absolute Gasteiger partial charge is 0.269 e. The van der Waals surface area contributed by atoms with Gasteiger partial charge in [-0.25, -0.2) is 8.42 Å². The maximum Gasteiger partial charge on any atom is 0.269 e. The second-order valence-corrected chi connectivity index (χ2v) is 7.22. The van der Waals surface area contributed by atoms with Gasteiger partial charge in [-0.05, 0) is 24.1 Å². The molecular weight excluding hydrogens is 338 g/mol. The summed E-state index contributed by atoms with van der Waals surface area (Å²) in [7, 11) is -3.68. The number of alkyl halides is 1. The van der Waals surface area contributed by atoms with Crippen LogP contribution in [-0.2, 0) is 16.3 Å². The Bertz CT molecular complexity index is 802. The van der Waals surface area contributed by atoms with Crippen molar-refractivity contribution < 1.29 is 13.3 Å². The summed E-state index contributed by atoms with van der Waals surface area (Å²) in [4.78, 5) is 9.98. The van der Waals surface area contributed by atoms with Gasteiger partial charge in [0.1, 0.15) is 0 Å². The number of non-ortho nitro benzene ring substituents is 1. The number of hydrogen-bond donors (Lipinski definition) is 0. The van der Waals surface area contributed by atoms with Crippen molar-refractivity contribution in [3.8, 4) is 0 Å². The monoisotopic (exact) mass is 351 g/mol. The Labute approximate surface area is 139 Å². The average Bonchev–Trinajstić information content (AvgIpc) is 2.54. The molecule has 2 aromatic carbocycles. The quantitative estimate of drug-likeness (QED) is 0.451. The van der Waals surface area contributed by atoms with Gasteiger partial charge in [-0.2, -0.15) is 0 Å². The lowest BCUT2D eigenvalue weighted by Crippen LogP contribution is -2.02. The first-order valence-corrected chi connectivity index (χ1v) is 8.72. The molecule has 0 spiro atoms. The van der Waals surface area contributed by atoms with Crippen LogP contribution >= 0.6 is 11.6 Å². The summed E-state index contributed by atoms with van der Waals surface area (Å²) in [6, 6.07) is 14.2. The predicted molar refractivity (Wildman–Crippen MR) is 89.2 cm³/mol. The third-order valence-electron chi connectivity index (χ3n) is 3.12. The number of rotatable bonds is 6. The van der Waals surface area contributed by atoms with Crippen LogP contribution in [0, 0.1) is 10.1 Å². The van der Waals surface area contributed by atoms with E-state index in [1.165, 1.54) is 18.2 Å². The fourth-order valence-corrected chi connectivity index (χ4v) is 3.34. The minimum atomic E-state index is -3.68. The summed E-state index contributed by atoms with van der Waals surface area (Å²) in [5.41, 5.74) is 0.845. The predicted octanol–water partition coefficient (Wildman–Crippen LogP) is 3.73. The second kappa shape index (κ2) is 7.39. The molecule has 0 amide bonds. The lowest BCUT2D eigenvalue weighted by Gasteiger charge is -2.04. The highest BCUT2D eigenvalue weighted by Crippen LogP contribution is 2.18. The molecule has 0 saturated carbocycles. The van der Waals surface area contributed by atoms with Gasteiger partial charge in [-0.15, -0.1) is 11.6 Å². The molecule has 2 rings (SSSR count). The molecule has 5 nitrogen and oxygen atoms in total. The molecule has 2 aromatic rings. The Balaban J connectivity index is 2.09. The number of nitrogens with zero attached hydrogens (tertiary/aromatic N) is 1. The maximum atomic E-state index is 12.2. The van der Waals surface area contributed by atoms with Gasteiger partial charge in [-0.1, -0.05) is 36.4 Å². The molecule has 1 atom stereocenters. The topological polar surface area (TPSA) is 77.3 Å². The van der Waals surface area contributed by atoms with Crippen LogP contribution in [0.5, 0.6) is 0 Å². The first-order chi connectivity index (χ1) is 10.9. The molecule has 0 heterocycles. The van der Waals surface area contributed by atoms with Crippen LogP contribution < -0.4 is 0 Å². The van der Waals surface area contributed by atoms with Crippen LogP contribution in [0.4, 0.5) is 5.69 Å². The molecule has 0 radical (unpaired) electrons. The van der Waals surface area contributed by atoms with E-state index in [1.54, 1.807) is 0 Å². The van der Waals surface area contributed by atoms with Gasteiger partial charge in [0.05, 0.1) is 15.2 Å². The van der Waals surface area contributed by atoms with E-state index in [1.807, 2.05) is 30.3 Å². The van der Waals surface area contributed by atoms with E-state index < -0.39 is 20.1 Å². The molecular formula is C16H14ClNO4S. The van der Waals surface area contributed by atoms with E-state index in [4.69, 9.17) is 11.6 Å². The Hall–Kier alpha value is -2.18. The molecule has 0 N–H and O–H groups in total. The molecule has 0 fully saturated rings. The zero-order chi connectivity index (χ0) is 16.9. The summed E-state index contributed by atoms with van der Waals surface area (Å²) in [6.45, 7) is 0. The average molecular weight is 352 g/mol. The number of sulfone groups is 1. The van der Waals surface area contributed by atoms with E-state index in [2.05, 4.69) is 0 Å². The third-order valence-corrected chi connectivity index (χ3v) is 4.86. The van der Waals surface area contributed by atoms with Crippen LogP contribution in [-0.4, -0.2) is 18.7 Å². The van der Waals surface area contributed by atoms with E-state index in [9.17, 15) is 18.5 Å². The van der Waals surface area contributed by atoms with Crippen molar-refractivity contribution in [2.45, 2.75) is 16.7 Å². The molecule has 0 aliphatic rings. The first-order valence-electron chi connectivity index (χ1n) is 6.74. The van der Waals surface area contributed by atoms with E-state index in [-0.39, 0.29) is 10.6 Å². The van der Waals surface area contributed by atoms with Crippen molar-refractivity contribution in [1.82, 2.24) is 0 Å². The van der Waals surface area contributed by atoms with Crippen LogP contribution in [0.25, 0.3) is 0 Å². The fraction of sp³-hybridized carbons (Fsp3) is 0.125. The highest BCUT2D eigenvalue weighted by atomic mass is 35.5. The lowest BCUT2D eigenvalue weighted by atomic mass is 10.1. The number of halogens is 1. The summed E-state index contributed by atoms with van der Waals surface area (Å²) in [5.74, 6) is 0. The standard InChI is InChI=1S/C16H14ClNO4S/c17-14(12-13-4-2-1-3-5-13)10-11-23(21,22)16-8-6-15(7-9-16)18(19)20/h1-11,14H,12H2. The van der Waals surface area contributed by atoms with Crippen molar-refractivity contribution >= 4 is 27.1 Å². The molecule has 120 valence electrons. The number of allylic oxidation sites excluding steroid dienone is 1. The summed E-state index contributed by atoms with van der Waals surface area (Å²) in [5, 5.41) is 11.1. The van der Waals surface area contributed by atoms with Crippen molar-refractivity contribution in [3.05, 3.63) is 81.8 Å². The normalized spacial score (nSPS) is 13.1. The molecule has 0 saturated heterocycles. The van der Waals surface area contributed by atoms with Crippen molar-refractivity contribution in [2.24, 2.45) is 0 Å². The zero-order valence-corrected chi connectivity index (χ0v) is 13.6. The summed E-state index contributed by atoms with van der Waals surface area (Å²) >= 11 is 6.14. The van der Waals surface area contributed by atoms with Crippen molar-refractivity contribution in [1.29, 1.82) is 0 Å². The highest BCUT2D eigenvalue weighted by Gasteiger charge is 2.13. The Morgan fingerprint density at radius 3 is 2.26 bits per heavy atom. The minimum Gasteiger partial charge on any atom is -0.258 e. The van der Waals surface area contributed by atoms with Crippen LogP contribution in [0.3, 0.4) is 0 Å². The molecule has 7 heteroatoms. The number of benzene rings is 2. The Morgan fingerprint density at radius 2 is 1.70 bits per heavy atom. The highest BCUT2D eigenvalue weighted by molar-refractivity contribution is 7.94. The Morgan fingerprint density at radius 1 is 1.09 bits per heavy atom. The maximum absolute atomic E-state index is 12.2. The molecule has 0 aromatic heterocycles. The van der Waals surface area contributed by atoms with Crippen LogP contribution in [0.1, 0.15) is 5.56 Å². The number of nitro groups is 1. The van der Waals surface area contributed by atoms with E-state index in [0.29, 0.717) is 6.42 Å². The van der Waals surface area contributed by atoms with Gasteiger partial charge in [0.15, 0.2) is 9.84 Å². The van der Waals surface area contributed by atoms with Gasteiger partial charge in [0.25, 0.3) is 5.69 Å². The van der Waals surface area contributed by atoms with Crippen molar-refractivity contribution in [3.63, 3.8) is 0 Å². The zero-order valence-electron chi connectivity index (χ0n) is 12.0. The molecule has 1 unspecified atom stereocenters. The first kappa shape index (κ1) is 17.2. The second-order valence-electron chi connectivity index (χ2n) is 4.83. The van der Waals surface area contributed by atoms with Gasteiger partial charge >= 0.3 is 0 Å². The molecule has 0 aliphatic heterocycles. The van der Waals surface area contributed by atoms with Gasteiger partial charge < -0.3 is 0 Å². The fourth-order valence-electron chi connectivity index (χ4n) is 1.93. The molecule has 23 heavy (non-hydrogen) atoms. The minimum absolute atomic E-state index is 0.0112. The molecule has 0 aliphatic carbocycles. The number of hydrogen-bond acceptors (Lipinski definition) is 4. The van der Waals surface area contributed by atoms with Gasteiger partial charge in [0, 0.05) is 17.5 Å². The van der Waals surface area contributed by atoms with Crippen molar-refractivity contribution in [2.75, 3.05) is 0 Å². The Kier molecular flexibility index (Phi) is 5.52. The smallest absolute Gasteiger partial charge is 0.258 e. The SMILES string of the molecule is O=[N+]([O-])c1ccc(S(=O)(=O)C=CC(Cl)Cc2ccccc2)cc1. The summed E-state index contributed by atoms with van der Waals surface area (Å²) < 4.78 is 24.3. The lowest BCUT2D eigenvalue weighted by molar-refractivity contribution is -0.384. The summed E-state index contributed by atoms with van der Waals surface area (Å²) in [6.07, 6.45) is 1.92. The molecule has 0 bridgehead atoms.